The zero-order chi connectivity index (χ0) is 17.2. The Balaban J connectivity index is 2.09. The third kappa shape index (κ3) is 2.67. The van der Waals surface area contributed by atoms with Gasteiger partial charge in [-0.2, -0.15) is 5.26 Å². The first-order chi connectivity index (χ1) is 11.6. The molecule has 120 valence electrons. The van der Waals surface area contributed by atoms with Crippen molar-refractivity contribution in [1.82, 2.24) is 0 Å². The van der Waals surface area contributed by atoms with Gasteiger partial charge in [0.25, 0.3) is 0 Å². The SMILES string of the molecule is N#CC1([N+](=O)[O-])C[C@@H](c2ccccc2)C(=O)[C@H](c2ccccc2)C1. The van der Waals surface area contributed by atoms with Crippen LogP contribution in [0.25, 0.3) is 0 Å². The molecular formula is C19H16N2O3. The Morgan fingerprint density at radius 1 is 0.958 bits per heavy atom. The predicted octanol–water partition coefficient (Wildman–Crippen LogP) is 3.46. The van der Waals surface area contributed by atoms with E-state index in [1.165, 1.54) is 0 Å². The van der Waals surface area contributed by atoms with E-state index in [-0.39, 0.29) is 18.6 Å². The lowest BCUT2D eigenvalue weighted by Crippen LogP contribution is -2.47. The molecule has 2 aromatic rings. The Kier molecular flexibility index (Phi) is 4.13. The summed E-state index contributed by atoms with van der Waals surface area (Å²) in [6.07, 6.45) is -0.161. The monoisotopic (exact) mass is 320 g/mol. The zero-order valence-electron chi connectivity index (χ0n) is 13.0. The summed E-state index contributed by atoms with van der Waals surface area (Å²) in [6.45, 7) is 0. The van der Waals surface area contributed by atoms with Crippen LogP contribution in [0.15, 0.2) is 60.7 Å². The largest absolute Gasteiger partial charge is 0.307 e. The number of hydrogen-bond acceptors (Lipinski definition) is 4. The van der Waals surface area contributed by atoms with Crippen molar-refractivity contribution in [3.8, 4) is 6.07 Å². The number of nitriles is 1. The van der Waals surface area contributed by atoms with Crippen LogP contribution in [0.1, 0.15) is 35.8 Å². The molecule has 2 aromatic carbocycles. The first-order valence-corrected chi connectivity index (χ1v) is 7.77. The first-order valence-electron chi connectivity index (χ1n) is 7.77. The predicted molar refractivity (Wildman–Crippen MR) is 87.9 cm³/mol. The minimum absolute atomic E-state index is 0.0554. The van der Waals surface area contributed by atoms with Crippen molar-refractivity contribution in [3.05, 3.63) is 81.9 Å². The topological polar surface area (TPSA) is 84.0 Å². The fraction of sp³-hybridized carbons (Fsp3) is 0.263. The maximum atomic E-state index is 13.0. The van der Waals surface area contributed by atoms with Crippen molar-refractivity contribution in [2.75, 3.05) is 0 Å². The van der Waals surface area contributed by atoms with Crippen LogP contribution in [-0.4, -0.2) is 16.2 Å². The summed E-state index contributed by atoms with van der Waals surface area (Å²) in [5, 5.41) is 21.2. The van der Waals surface area contributed by atoms with Gasteiger partial charge in [-0.15, -0.1) is 0 Å². The van der Waals surface area contributed by atoms with Crippen molar-refractivity contribution in [2.24, 2.45) is 0 Å². The molecule has 5 nitrogen and oxygen atoms in total. The van der Waals surface area contributed by atoms with Crippen LogP contribution in [0.3, 0.4) is 0 Å². The number of hydrogen-bond donors (Lipinski definition) is 0. The third-order valence-electron chi connectivity index (χ3n) is 4.73. The third-order valence-corrected chi connectivity index (χ3v) is 4.73. The van der Waals surface area contributed by atoms with Crippen molar-refractivity contribution >= 4 is 5.78 Å². The lowest BCUT2D eigenvalue weighted by atomic mass is 9.66. The first kappa shape index (κ1) is 15.9. The molecule has 0 heterocycles. The highest BCUT2D eigenvalue weighted by molar-refractivity contribution is 5.93. The minimum atomic E-state index is -1.74. The average Bonchev–Trinajstić information content (AvgIpc) is 2.63. The van der Waals surface area contributed by atoms with E-state index in [1.54, 1.807) is 48.5 Å². The maximum absolute atomic E-state index is 13.0. The number of carbonyl (C=O) groups is 1. The van der Waals surface area contributed by atoms with Crippen LogP contribution < -0.4 is 0 Å². The smallest absolute Gasteiger partial charge is 0.298 e. The highest BCUT2D eigenvalue weighted by atomic mass is 16.6. The molecule has 1 saturated carbocycles. The second-order valence-electron chi connectivity index (χ2n) is 6.14. The van der Waals surface area contributed by atoms with E-state index in [0.29, 0.717) is 0 Å². The molecule has 1 fully saturated rings. The maximum Gasteiger partial charge on any atom is 0.307 e. The van der Waals surface area contributed by atoms with Crippen molar-refractivity contribution in [3.63, 3.8) is 0 Å². The van der Waals surface area contributed by atoms with E-state index in [0.717, 1.165) is 11.1 Å². The molecule has 1 aliphatic carbocycles. The standard InChI is InChI=1S/C19H16N2O3/c20-13-19(21(23)24)11-16(14-7-3-1-4-8-14)18(22)17(12-19)15-9-5-2-6-10-15/h1-10,16-17H,11-12H2/t16-,17-/m0/s1. The molecular weight excluding hydrogens is 304 g/mol. The number of carbonyl (C=O) groups excluding carboxylic acids is 1. The molecule has 2 atom stereocenters. The van der Waals surface area contributed by atoms with Gasteiger partial charge in [-0.3, -0.25) is 14.9 Å². The average molecular weight is 320 g/mol. The normalized spacial score (nSPS) is 26.5. The van der Waals surface area contributed by atoms with Crippen LogP contribution >= 0.6 is 0 Å². The highest BCUT2D eigenvalue weighted by Gasteiger charge is 2.55. The second-order valence-corrected chi connectivity index (χ2v) is 6.14. The molecule has 0 N–H and O–H groups in total. The zero-order valence-corrected chi connectivity index (χ0v) is 13.0. The molecule has 0 saturated heterocycles. The van der Waals surface area contributed by atoms with Gasteiger partial charge in [0, 0.05) is 17.8 Å². The van der Waals surface area contributed by atoms with E-state index < -0.39 is 22.3 Å². The second kappa shape index (κ2) is 6.25. The van der Waals surface area contributed by atoms with E-state index in [2.05, 4.69) is 0 Å². The van der Waals surface area contributed by atoms with Gasteiger partial charge in [0.15, 0.2) is 0 Å². The van der Waals surface area contributed by atoms with Gasteiger partial charge in [-0.25, -0.2) is 0 Å². The van der Waals surface area contributed by atoms with Crippen molar-refractivity contribution in [2.45, 2.75) is 30.2 Å². The van der Waals surface area contributed by atoms with Gasteiger partial charge in [-0.05, 0) is 11.1 Å². The van der Waals surface area contributed by atoms with E-state index in [9.17, 15) is 20.2 Å². The molecule has 0 bridgehead atoms. The lowest BCUT2D eigenvalue weighted by molar-refractivity contribution is -0.556. The van der Waals surface area contributed by atoms with Gasteiger partial charge < -0.3 is 0 Å². The van der Waals surface area contributed by atoms with Gasteiger partial charge in [0.2, 0.25) is 0 Å². The summed E-state index contributed by atoms with van der Waals surface area (Å²) in [7, 11) is 0. The number of Topliss-reactive ketones (excluding diaryl/α,β-unsaturated/α-hetero) is 1. The molecule has 24 heavy (non-hydrogen) atoms. The Morgan fingerprint density at radius 3 is 1.71 bits per heavy atom. The summed E-state index contributed by atoms with van der Waals surface area (Å²) in [4.78, 5) is 24.1. The van der Waals surface area contributed by atoms with Gasteiger partial charge in [-0.1, -0.05) is 60.7 Å². The number of nitro groups is 1. The molecule has 0 spiro atoms. The minimum Gasteiger partial charge on any atom is -0.298 e. The van der Waals surface area contributed by atoms with E-state index >= 15 is 0 Å². The molecule has 5 heteroatoms. The molecule has 0 amide bonds. The van der Waals surface area contributed by atoms with Gasteiger partial charge in [0.05, 0.1) is 11.8 Å². The number of rotatable bonds is 3. The molecule has 0 aromatic heterocycles. The van der Waals surface area contributed by atoms with E-state index in [4.69, 9.17) is 0 Å². The highest BCUT2D eigenvalue weighted by Crippen LogP contribution is 2.44. The molecule has 1 aliphatic rings. The Morgan fingerprint density at radius 2 is 1.38 bits per heavy atom. The van der Waals surface area contributed by atoms with Gasteiger partial charge >= 0.3 is 5.54 Å². The fourth-order valence-corrected chi connectivity index (χ4v) is 3.42. The van der Waals surface area contributed by atoms with Gasteiger partial charge in [0.1, 0.15) is 11.9 Å². The lowest BCUT2D eigenvalue weighted by Gasteiger charge is -2.34. The molecule has 0 radical (unpaired) electrons. The van der Waals surface area contributed by atoms with E-state index in [1.807, 2.05) is 18.2 Å². The molecule has 0 unspecified atom stereocenters. The summed E-state index contributed by atoms with van der Waals surface area (Å²) in [6, 6.07) is 19.9. The van der Waals surface area contributed by atoms with Crippen LogP contribution in [0.2, 0.25) is 0 Å². The van der Waals surface area contributed by atoms with Crippen LogP contribution in [0, 0.1) is 21.4 Å². The number of nitrogens with zero attached hydrogens (tertiary/aromatic N) is 2. The Hall–Kier alpha value is -3.00. The molecule has 0 aliphatic heterocycles. The Labute approximate surface area is 139 Å². The van der Waals surface area contributed by atoms with Crippen LogP contribution in [-0.2, 0) is 4.79 Å². The van der Waals surface area contributed by atoms with Crippen molar-refractivity contribution < 1.29 is 9.72 Å². The van der Waals surface area contributed by atoms with Crippen molar-refractivity contribution in [1.29, 1.82) is 5.26 Å². The number of ketones is 1. The van der Waals surface area contributed by atoms with Crippen LogP contribution in [0.4, 0.5) is 0 Å². The van der Waals surface area contributed by atoms with Crippen LogP contribution in [0.5, 0.6) is 0 Å². The summed E-state index contributed by atoms with van der Waals surface area (Å²) >= 11 is 0. The quantitative estimate of drug-likeness (QED) is 0.640. The fourth-order valence-electron chi connectivity index (χ4n) is 3.42. The number of benzene rings is 2. The molecule has 3 rings (SSSR count). The summed E-state index contributed by atoms with van der Waals surface area (Å²) in [5.41, 5.74) is -0.288. The summed E-state index contributed by atoms with van der Waals surface area (Å²) < 4.78 is 0. The summed E-state index contributed by atoms with van der Waals surface area (Å²) in [5.74, 6) is -1.34. The Bertz CT molecular complexity index is 745.